The van der Waals surface area contributed by atoms with E-state index in [1.165, 1.54) is 0 Å². The first-order valence-corrected chi connectivity index (χ1v) is 8.29. The molecule has 0 aromatic heterocycles. The molecular weight excluding hydrogens is 217 g/mol. The summed E-state index contributed by atoms with van der Waals surface area (Å²) in [5, 5.41) is 0. The molecule has 0 unspecified atom stereocenters. The Morgan fingerprint density at radius 1 is 1.00 bits per heavy atom. The van der Waals surface area contributed by atoms with Crippen LogP contribution in [0.1, 0.15) is 0 Å². The van der Waals surface area contributed by atoms with E-state index in [0.29, 0.717) is 0 Å². The van der Waals surface area contributed by atoms with Gasteiger partial charge in [0.05, 0.1) is 0 Å². The summed E-state index contributed by atoms with van der Waals surface area (Å²) in [5.41, 5.74) is 0. The summed E-state index contributed by atoms with van der Waals surface area (Å²) in [6.07, 6.45) is 0. The van der Waals surface area contributed by atoms with Crippen LogP contribution < -0.4 is 0 Å². The Bertz CT molecular complexity index is 529. The van der Waals surface area contributed by atoms with Gasteiger partial charge in [0.2, 0.25) is 0 Å². The van der Waals surface area contributed by atoms with E-state index in [4.69, 9.17) is 0 Å². The Labute approximate surface area is 50.7 Å². The third-order valence-electron chi connectivity index (χ3n) is 0. The maximum absolute atomic E-state index is 4.51. The molecule has 0 atom stereocenters. The monoisotopic (exact) mass is 216 g/mol. The molecule has 0 saturated heterocycles. The van der Waals surface area contributed by atoms with Gasteiger partial charge in [-0.3, -0.25) is 0 Å². The van der Waals surface area contributed by atoms with Crippen LogP contribution in [0.25, 0.3) is 0 Å². The SMILES string of the molecule is [P]#[Ni](#[P])(=[S])(=[S])=[S]. The zero-order valence-electron chi connectivity index (χ0n) is 2.44. The first kappa shape index (κ1) is 8.01. The topological polar surface area (TPSA) is 0 Å². The molecule has 0 nitrogen and oxygen atoms in total. The zero-order valence-corrected chi connectivity index (χ0v) is 7.66. The van der Waals surface area contributed by atoms with Crippen molar-refractivity contribution in [3.8, 4) is 0 Å². The summed E-state index contributed by atoms with van der Waals surface area (Å²) in [7, 11) is 20.9. The molecule has 0 aromatic rings. The maximum atomic E-state index is 4.51. The van der Waals surface area contributed by atoms with Gasteiger partial charge >= 0.3 is 51.0 Å². The Balaban J connectivity index is 8.62. The summed E-state index contributed by atoms with van der Waals surface area (Å²) in [6, 6.07) is 0. The second-order valence-corrected chi connectivity index (χ2v) is 21.1. The number of hydrogen-bond acceptors (Lipinski definition) is 3. The average Bonchev–Trinajstić information content (AvgIpc) is 0.650. The van der Waals surface area contributed by atoms with E-state index in [0.717, 1.165) is 0 Å². The fourth-order valence-corrected chi connectivity index (χ4v) is 0. The van der Waals surface area contributed by atoms with Crippen molar-refractivity contribution in [2.45, 2.75) is 0 Å². The van der Waals surface area contributed by atoms with Gasteiger partial charge in [0.25, 0.3) is 0 Å². The minimum atomic E-state index is -2.79. The molecule has 0 aliphatic carbocycles. The van der Waals surface area contributed by atoms with Gasteiger partial charge in [-0.2, -0.15) is 0 Å². The normalized spacial score (nSPS) is 13.8. The van der Waals surface area contributed by atoms with Gasteiger partial charge in [-0.25, -0.2) is 0 Å². The fourth-order valence-electron chi connectivity index (χ4n) is 0. The molecule has 38 valence electrons. The van der Waals surface area contributed by atoms with Crippen LogP contribution in [0.15, 0.2) is 0 Å². The molecule has 0 saturated carbocycles. The van der Waals surface area contributed by atoms with E-state index in [1.807, 2.05) is 0 Å². The number of hydrogen-bond donors (Lipinski definition) is 0. The average molecular weight is 217 g/mol. The summed E-state index contributed by atoms with van der Waals surface area (Å²) in [5.74, 6) is 0. The summed E-state index contributed by atoms with van der Waals surface area (Å²) in [4.78, 5) is 0. The van der Waals surface area contributed by atoms with Crippen molar-refractivity contribution >= 4 is 46.7 Å². The molecule has 0 bridgehead atoms. The van der Waals surface area contributed by atoms with Crippen LogP contribution in [0, 0.1) is 0 Å². The molecule has 0 fully saturated rings. The van der Waals surface area contributed by atoms with Crippen molar-refractivity contribution in [1.82, 2.24) is 0 Å². The van der Waals surface area contributed by atoms with Crippen molar-refractivity contribution in [2.75, 3.05) is 0 Å². The molecule has 0 aliphatic heterocycles. The third-order valence-corrected chi connectivity index (χ3v) is 0. The third kappa shape index (κ3) is 37.3. The van der Waals surface area contributed by atoms with Crippen LogP contribution in [-0.2, 0) is 4.33 Å². The Kier molecular flexibility index (Phi) is 2.35. The molecule has 0 rings (SSSR count). The van der Waals surface area contributed by atoms with E-state index in [1.54, 1.807) is 0 Å². The molecule has 6 heavy (non-hydrogen) atoms. The Morgan fingerprint density at radius 3 is 1.00 bits per heavy atom. The zero-order chi connectivity index (χ0) is 5.45. The van der Waals surface area contributed by atoms with Gasteiger partial charge in [-0.05, 0) is 0 Å². The van der Waals surface area contributed by atoms with E-state index in [-0.39, 0.29) is 0 Å². The molecule has 0 spiro atoms. The first-order chi connectivity index (χ1) is 2.24. The van der Waals surface area contributed by atoms with Crippen molar-refractivity contribution in [3.05, 3.63) is 0 Å². The Hall–Kier alpha value is 2.01. The van der Waals surface area contributed by atoms with Crippen LogP contribution in [0.5, 0.6) is 0 Å². The molecule has 0 aliphatic rings. The van der Waals surface area contributed by atoms with E-state index >= 15 is 0 Å². The molecule has 0 N–H and O–H groups in total. The molecule has 0 heterocycles. The van der Waals surface area contributed by atoms with Crippen LogP contribution >= 0.6 is 46.7 Å². The second kappa shape index (κ2) is 1.76. The van der Waals surface area contributed by atoms with Crippen LogP contribution in [0.2, 0.25) is 0 Å². The van der Waals surface area contributed by atoms with Gasteiger partial charge in [0, 0.05) is 0 Å². The van der Waals surface area contributed by atoms with Gasteiger partial charge in [-0.1, -0.05) is 0 Å². The van der Waals surface area contributed by atoms with Gasteiger partial charge in [0.15, 0.2) is 0 Å². The first-order valence-electron chi connectivity index (χ1n) is 0.670. The molecular formula is NiP2S3. The molecule has 0 aromatic carbocycles. The standard InChI is InChI=1S/Ni.2P.3S. The minimum absolute atomic E-state index is 2.79. The molecule has 0 radical (unpaired) electrons. The van der Waals surface area contributed by atoms with E-state index < -0.39 is 4.33 Å². The van der Waals surface area contributed by atoms with Gasteiger partial charge in [-0.15, -0.1) is 0 Å². The van der Waals surface area contributed by atoms with Gasteiger partial charge in [0.1, 0.15) is 0 Å². The van der Waals surface area contributed by atoms with Gasteiger partial charge < -0.3 is 0 Å². The quantitative estimate of drug-likeness (QED) is 0.448. The van der Waals surface area contributed by atoms with Crippen LogP contribution in [0.4, 0.5) is 0 Å². The van der Waals surface area contributed by atoms with Crippen LogP contribution in [0.3, 0.4) is 0 Å². The van der Waals surface area contributed by atoms with Crippen molar-refractivity contribution in [2.24, 2.45) is 0 Å². The summed E-state index contributed by atoms with van der Waals surface area (Å²) in [6.45, 7) is 0. The fraction of sp³-hybridized carbons (Fsp3) is 0. The molecule has 0 amide bonds. The number of rotatable bonds is 0. The predicted molar refractivity (Wildman–Crippen MR) is 36.6 cm³/mol. The van der Waals surface area contributed by atoms with Crippen molar-refractivity contribution in [1.29, 1.82) is 0 Å². The van der Waals surface area contributed by atoms with Crippen molar-refractivity contribution < 1.29 is 4.33 Å². The summed E-state index contributed by atoms with van der Waals surface area (Å²) < 4.78 is -2.79. The Morgan fingerprint density at radius 2 is 1.00 bits per heavy atom. The van der Waals surface area contributed by atoms with Crippen LogP contribution in [-0.4, -0.2) is 0 Å². The second-order valence-electron chi connectivity index (χ2n) is 0.568. The molecule has 6 heteroatoms. The van der Waals surface area contributed by atoms with Crippen molar-refractivity contribution in [3.63, 3.8) is 0 Å². The summed E-state index contributed by atoms with van der Waals surface area (Å²) >= 11 is 0. The predicted octanol–water partition coefficient (Wildman–Crippen LogP) is 3.66. The van der Waals surface area contributed by atoms with E-state index in [2.05, 4.69) is 46.7 Å². The van der Waals surface area contributed by atoms with E-state index in [9.17, 15) is 0 Å².